The Kier molecular flexibility index (Phi) is 5.44. The maximum absolute atomic E-state index is 13.1. The van der Waals surface area contributed by atoms with Crippen LogP contribution in [0.3, 0.4) is 0 Å². The van der Waals surface area contributed by atoms with E-state index in [-0.39, 0.29) is 17.8 Å². The zero-order valence-corrected chi connectivity index (χ0v) is 15.4. The van der Waals surface area contributed by atoms with Gasteiger partial charge in [-0.1, -0.05) is 25.8 Å². The molecule has 1 aromatic rings. The van der Waals surface area contributed by atoms with Gasteiger partial charge in [0.25, 0.3) is 5.91 Å². The Morgan fingerprint density at radius 1 is 1.23 bits per heavy atom. The van der Waals surface area contributed by atoms with Gasteiger partial charge in [-0.2, -0.15) is 0 Å². The lowest BCUT2D eigenvalue weighted by Crippen LogP contribution is -2.57. The van der Waals surface area contributed by atoms with Gasteiger partial charge in [0.15, 0.2) is 0 Å². The van der Waals surface area contributed by atoms with Crippen LogP contribution in [-0.4, -0.2) is 66.9 Å². The van der Waals surface area contributed by atoms with Crippen molar-refractivity contribution in [2.24, 2.45) is 0 Å². The van der Waals surface area contributed by atoms with Crippen LogP contribution in [0.25, 0.3) is 0 Å². The zero-order valence-electron chi connectivity index (χ0n) is 15.4. The molecule has 7 nitrogen and oxygen atoms in total. The second-order valence-electron chi connectivity index (χ2n) is 6.85. The van der Waals surface area contributed by atoms with Crippen LogP contribution >= 0.6 is 0 Å². The number of likely N-dealkylation sites (N-methyl/N-ethyl adjacent to an activating group) is 1. The van der Waals surface area contributed by atoms with Gasteiger partial charge in [0, 0.05) is 44.5 Å². The monoisotopic (exact) mass is 358 g/mol. The molecule has 2 saturated heterocycles. The molecule has 0 radical (unpaired) electrons. The quantitative estimate of drug-likeness (QED) is 0.870. The molecule has 1 atom stereocenters. The number of hydrogen-bond donors (Lipinski definition) is 1. The fourth-order valence-electron chi connectivity index (χ4n) is 3.52. The molecule has 0 spiro atoms. The number of carbonyl (C=O) groups excluding carboxylic acids is 3. The smallest absolute Gasteiger partial charge is 0.321 e. The number of nitrogens with one attached hydrogen (secondary N) is 1. The maximum atomic E-state index is 13.1. The van der Waals surface area contributed by atoms with E-state index in [0.717, 1.165) is 12.8 Å². The van der Waals surface area contributed by atoms with Gasteiger partial charge in [0.05, 0.1) is 0 Å². The second kappa shape index (κ2) is 7.76. The minimum absolute atomic E-state index is 0.00752. The Morgan fingerprint density at radius 2 is 2.04 bits per heavy atom. The largest absolute Gasteiger partial charge is 0.342 e. The summed E-state index contributed by atoms with van der Waals surface area (Å²) in [7, 11) is 1.79. The first-order valence-electron chi connectivity index (χ1n) is 9.24. The van der Waals surface area contributed by atoms with Gasteiger partial charge in [-0.05, 0) is 24.6 Å². The summed E-state index contributed by atoms with van der Waals surface area (Å²) in [4.78, 5) is 42.6. The summed E-state index contributed by atoms with van der Waals surface area (Å²) in [5.41, 5.74) is 1.22. The van der Waals surface area contributed by atoms with E-state index in [1.165, 1.54) is 0 Å². The van der Waals surface area contributed by atoms with Gasteiger partial charge in [0.1, 0.15) is 6.04 Å². The van der Waals surface area contributed by atoms with Crippen LogP contribution in [0.4, 0.5) is 10.5 Å². The summed E-state index contributed by atoms with van der Waals surface area (Å²) in [5.74, 6) is -0.137. The average molecular weight is 358 g/mol. The van der Waals surface area contributed by atoms with Crippen molar-refractivity contribution in [2.75, 3.05) is 38.1 Å². The van der Waals surface area contributed by atoms with Gasteiger partial charge < -0.3 is 15.1 Å². The molecule has 0 bridgehead atoms. The van der Waals surface area contributed by atoms with Crippen molar-refractivity contribution < 1.29 is 14.4 Å². The minimum Gasteiger partial charge on any atom is -0.342 e. The summed E-state index contributed by atoms with van der Waals surface area (Å²) >= 11 is 0. The normalized spacial score (nSPS) is 20.5. The third-order valence-electron chi connectivity index (χ3n) is 5.07. The number of rotatable bonds is 5. The second-order valence-corrected chi connectivity index (χ2v) is 6.85. The molecule has 140 valence electrons. The molecule has 0 unspecified atom stereocenters. The molecule has 3 rings (SSSR count). The molecule has 2 aliphatic rings. The lowest BCUT2D eigenvalue weighted by molar-refractivity contribution is -0.138. The third-order valence-corrected chi connectivity index (χ3v) is 5.07. The molecular weight excluding hydrogens is 332 g/mol. The predicted molar refractivity (Wildman–Crippen MR) is 99.2 cm³/mol. The van der Waals surface area contributed by atoms with E-state index in [2.05, 4.69) is 12.2 Å². The van der Waals surface area contributed by atoms with E-state index in [1.54, 1.807) is 39.9 Å². The molecule has 7 heteroatoms. The topological polar surface area (TPSA) is 73.0 Å². The summed E-state index contributed by atoms with van der Waals surface area (Å²) in [5, 5.41) is 2.76. The molecule has 0 aliphatic carbocycles. The van der Waals surface area contributed by atoms with Crippen LogP contribution in [-0.2, 0) is 4.79 Å². The molecule has 2 heterocycles. The molecule has 4 amide bonds. The molecule has 0 aromatic heterocycles. The summed E-state index contributed by atoms with van der Waals surface area (Å²) < 4.78 is 0. The Balaban J connectivity index is 1.82. The van der Waals surface area contributed by atoms with Crippen LogP contribution in [0, 0.1) is 0 Å². The maximum Gasteiger partial charge on any atom is 0.321 e. The highest BCUT2D eigenvalue weighted by Crippen LogP contribution is 2.23. The van der Waals surface area contributed by atoms with Gasteiger partial charge in [-0.25, -0.2) is 4.79 Å². The van der Waals surface area contributed by atoms with Gasteiger partial charge in [0.2, 0.25) is 5.91 Å². The molecule has 2 fully saturated rings. The van der Waals surface area contributed by atoms with Crippen molar-refractivity contribution >= 4 is 23.5 Å². The van der Waals surface area contributed by atoms with Crippen molar-refractivity contribution in [3.63, 3.8) is 0 Å². The predicted octanol–water partition coefficient (Wildman–Crippen LogP) is 1.69. The van der Waals surface area contributed by atoms with Crippen molar-refractivity contribution in [1.29, 1.82) is 0 Å². The first-order valence-corrected chi connectivity index (χ1v) is 9.24. The van der Waals surface area contributed by atoms with E-state index >= 15 is 0 Å². The lowest BCUT2D eigenvalue weighted by atomic mass is 10.0. The van der Waals surface area contributed by atoms with Gasteiger partial charge >= 0.3 is 6.03 Å². The highest BCUT2D eigenvalue weighted by molar-refractivity contribution is 6.00. The number of hydrogen-bond acceptors (Lipinski definition) is 3. The Labute approximate surface area is 153 Å². The number of unbranched alkanes of at least 4 members (excludes halogenated alkanes) is 1. The molecular formula is C19H26N4O3. The van der Waals surface area contributed by atoms with Crippen LogP contribution in [0.15, 0.2) is 24.3 Å². The summed E-state index contributed by atoms with van der Waals surface area (Å²) in [6.45, 7) is 4.34. The van der Waals surface area contributed by atoms with Crippen LogP contribution in [0.5, 0.6) is 0 Å². The molecule has 26 heavy (non-hydrogen) atoms. The highest BCUT2D eigenvalue weighted by atomic mass is 16.2. The SMILES string of the molecule is CCCC[C@H]1C(=O)N(C)CCN1C(=O)c1cccc(N2CCNC2=O)c1. The Morgan fingerprint density at radius 3 is 2.73 bits per heavy atom. The fourth-order valence-corrected chi connectivity index (χ4v) is 3.52. The van der Waals surface area contributed by atoms with E-state index in [9.17, 15) is 14.4 Å². The van der Waals surface area contributed by atoms with E-state index in [1.807, 2.05) is 6.07 Å². The molecule has 2 aliphatic heterocycles. The van der Waals surface area contributed by atoms with E-state index in [0.29, 0.717) is 43.9 Å². The molecule has 1 N–H and O–H groups in total. The molecule has 0 saturated carbocycles. The van der Waals surface area contributed by atoms with E-state index in [4.69, 9.17) is 0 Å². The number of nitrogens with zero attached hydrogens (tertiary/aromatic N) is 3. The summed E-state index contributed by atoms with van der Waals surface area (Å²) in [6, 6.07) is 6.55. The Bertz CT molecular complexity index is 706. The van der Waals surface area contributed by atoms with Gasteiger partial charge in [-0.15, -0.1) is 0 Å². The van der Waals surface area contributed by atoms with Crippen molar-refractivity contribution in [1.82, 2.24) is 15.1 Å². The van der Waals surface area contributed by atoms with Crippen molar-refractivity contribution in [3.8, 4) is 0 Å². The molecule has 1 aromatic carbocycles. The highest BCUT2D eigenvalue weighted by Gasteiger charge is 2.36. The number of piperazine rings is 1. The zero-order chi connectivity index (χ0) is 18.7. The van der Waals surface area contributed by atoms with Crippen molar-refractivity contribution in [3.05, 3.63) is 29.8 Å². The van der Waals surface area contributed by atoms with Gasteiger partial charge in [-0.3, -0.25) is 14.5 Å². The number of anilines is 1. The summed E-state index contributed by atoms with van der Waals surface area (Å²) in [6.07, 6.45) is 2.57. The Hall–Kier alpha value is -2.57. The van der Waals surface area contributed by atoms with Crippen LogP contribution in [0.2, 0.25) is 0 Å². The standard InChI is InChI=1S/C19H26N4O3/c1-3-4-8-16-18(25)21(2)11-12-23(16)17(24)14-6-5-7-15(13-14)22-10-9-20-19(22)26/h5-7,13,16H,3-4,8-12H2,1-2H3,(H,20,26)/t16-/m0/s1. The van der Waals surface area contributed by atoms with Crippen LogP contribution in [0.1, 0.15) is 36.5 Å². The number of amides is 4. The van der Waals surface area contributed by atoms with Crippen molar-refractivity contribution in [2.45, 2.75) is 32.2 Å². The third kappa shape index (κ3) is 3.52. The van der Waals surface area contributed by atoms with Crippen LogP contribution < -0.4 is 10.2 Å². The number of carbonyl (C=O) groups is 3. The minimum atomic E-state index is -0.403. The first kappa shape index (κ1) is 18.2. The fraction of sp³-hybridized carbons (Fsp3) is 0.526. The first-order chi connectivity index (χ1) is 12.5. The number of urea groups is 1. The van der Waals surface area contributed by atoms with E-state index < -0.39 is 6.04 Å². The average Bonchev–Trinajstić information content (AvgIpc) is 3.08. The number of benzene rings is 1. The lowest BCUT2D eigenvalue weighted by Gasteiger charge is -2.39.